The molecule has 2 aromatic heterocycles. The number of allylic oxidation sites excluding steroid dienone is 1. The summed E-state index contributed by atoms with van der Waals surface area (Å²) in [5.74, 6) is 0.0109. The first kappa shape index (κ1) is 21.6. The molecule has 32 heavy (non-hydrogen) atoms. The zero-order valence-electron chi connectivity index (χ0n) is 18.3. The van der Waals surface area contributed by atoms with Crippen molar-refractivity contribution < 1.29 is 4.79 Å². The third-order valence-corrected chi connectivity index (χ3v) is 5.73. The largest absolute Gasteiger partial charge is 0.376 e. The lowest BCUT2D eigenvalue weighted by Gasteiger charge is -2.16. The number of pyridine rings is 2. The SMILES string of the molecule is CCc1cc(-c2c[nH]c(=O)c(N[C@@H]3CCN(C(=O)/C=C/Cc4ccccc4)C3)c2)ccn1. The number of hydrogen-bond donors (Lipinski definition) is 2. The van der Waals surface area contributed by atoms with Crippen LogP contribution < -0.4 is 10.9 Å². The molecule has 3 heterocycles. The maximum Gasteiger partial charge on any atom is 0.271 e. The van der Waals surface area contributed by atoms with Crippen LogP contribution in [0.3, 0.4) is 0 Å². The number of aryl methyl sites for hydroxylation is 1. The molecule has 1 fully saturated rings. The molecule has 1 saturated heterocycles. The van der Waals surface area contributed by atoms with Gasteiger partial charge in [0.15, 0.2) is 0 Å². The first-order chi connectivity index (χ1) is 15.6. The smallest absolute Gasteiger partial charge is 0.271 e. The maximum absolute atomic E-state index is 12.5. The molecule has 0 radical (unpaired) electrons. The van der Waals surface area contributed by atoms with Crippen molar-refractivity contribution in [3.63, 3.8) is 0 Å². The molecule has 4 rings (SSSR count). The molecule has 1 atom stereocenters. The molecule has 2 N–H and O–H groups in total. The van der Waals surface area contributed by atoms with Gasteiger partial charge < -0.3 is 15.2 Å². The third-order valence-electron chi connectivity index (χ3n) is 5.73. The van der Waals surface area contributed by atoms with Crippen LogP contribution in [0.25, 0.3) is 11.1 Å². The van der Waals surface area contributed by atoms with E-state index in [-0.39, 0.29) is 17.5 Å². The zero-order valence-corrected chi connectivity index (χ0v) is 18.3. The quantitative estimate of drug-likeness (QED) is 0.561. The van der Waals surface area contributed by atoms with Gasteiger partial charge in [0, 0.05) is 42.8 Å². The lowest BCUT2D eigenvalue weighted by Crippen LogP contribution is -2.31. The lowest BCUT2D eigenvalue weighted by atomic mass is 10.1. The Balaban J connectivity index is 1.38. The van der Waals surface area contributed by atoms with Crippen molar-refractivity contribution in [1.82, 2.24) is 14.9 Å². The van der Waals surface area contributed by atoms with Crippen molar-refractivity contribution in [1.29, 1.82) is 0 Å². The van der Waals surface area contributed by atoms with E-state index in [1.54, 1.807) is 18.5 Å². The zero-order chi connectivity index (χ0) is 22.3. The summed E-state index contributed by atoms with van der Waals surface area (Å²) in [6, 6.07) is 16.0. The molecule has 6 heteroatoms. The van der Waals surface area contributed by atoms with Crippen molar-refractivity contribution in [2.24, 2.45) is 0 Å². The number of benzene rings is 1. The Morgan fingerprint density at radius 2 is 2.06 bits per heavy atom. The summed E-state index contributed by atoms with van der Waals surface area (Å²) in [7, 11) is 0. The number of carbonyl (C=O) groups is 1. The molecule has 6 nitrogen and oxygen atoms in total. The highest BCUT2D eigenvalue weighted by atomic mass is 16.2. The van der Waals surface area contributed by atoms with Gasteiger partial charge in [-0.15, -0.1) is 0 Å². The number of nitrogens with zero attached hydrogens (tertiary/aromatic N) is 2. The Kier molecular flexibility index (Phi) is 6.80. The summed E-state index contributed by atoms with van der Waals surface area (Å²) < 4.78 is 0. The first-order valence-electron chi connectivity index (χ1n) is 11.1. The van der Waals surface area contributed by atoms with E-state index in [2.05, 4.69) is 22.2 Å². The highest BCUT2D eigenvalue weighted by Gasteiger charge is 2.25. The molecule has 0 unspecified atom stereocenters. The van der Waals surface area contributed by atoms with Crippen LogP contribution in [0.5, 0.6) is 0 Å². The molecule has 0 spiro atoms. The molecule has 164 valence electrons. The normalized spacial score (nSPS) is 15.9. The first-order valence-corrected chi connectivity index (χ1v) is 11.1. The Hall–Kier alpha value is -3.67. The second-order valence-electron chi connectivity index (χ2n) is 8.03. The average Bonchev–Trinajstić information content (AvgIpc) is 3.30. The van der Waals surface area contributed by atoms with Crippen molar-refractivity contribution in [3.8, 4) is 11.1 Å². The van der Waals surface area contributed by atoms with E-state index < -0.39 is 0 Å². The number of aromatic nitrogens is 2. The van der Waals surface area contributed by atoms with Gasteiger partial charge >= 0.3 is 0 Å². The van der Waals surface area contributed by atoms with Gasteiger partial charge in [-0.05, 0) is 54.7 Å². The molecule has 1 aliphatic rings. The van der Waals surface area contributed by atoms with E-state index in [1.165, 1.54) is 5.56 Å². The van der Waals surface area contributed by atoms with E-state index in [9.17, 15) is 9.59 Å². The molecule has 1 amide bonds. The van der Waals surface area contributed by atoms with Gasteiger partial charge in [0.25, 0.3) is 5.56 Å². The molecule has 0 bridgehead atoms. The second-order valence-corrected chi connectivity index (χ2v) is 8.03. The topological polar surface area (TPSA) is 78.1 Å². The van der Waals surface area contributed by atoms with Gasteiger partial charge in [-0.1, -0.05) is 43.3 Å². The third kappa shape index (κ3) is 5.32. The number of nitrogens with one attached hydrogen (secondary N) is 2. The number of carbonyl (C=O) groups excluding carboxylic acids is 1. The molecular formula is C26H28N4O2. The molecule has 1 aromatic carbocycles. The number of anilines is 1. The highest BCUT2D eigenvalue weighted by Crippen LogP contribution is 2.22. The van der Waals surface area contributed by atoms with E-state index in [0.29, 0.717) is 18.8 Å². The van der Waals surface area contributed by atoms with Crippen molar-refractivity contribution in [3.05, 3.63) is 94.7 Å². The van der Waals surface area contributed by atoms with Crippen molar-refractivity contribution >= 4 is 11.6 Å². The van der Waals surface area contributed by atoms with Crippen LogP contribution >= 0.6 is 0 Å². The summed E-state index contributed by atoms with van der Waals surface area (Å²) in [5.41, 5.74) is 4.49. The van der Waals surface area contributed by atoms with Gasteiger partial charge in [-0.2, -0.15) is 0 Å². The van der Waals surface area contributed by atoms with Gasteiger partial charge in [-0.25, -0.2) is 0 Å². The molecule has 0 saturated carbocycles. The summed E-state index contributed by atoms with van der Waals surface area (Å²) >= 11 is 0. The second kappa shape index (κ2) is 10.1. The Morgan fingerprint density at radius 1 is 1.22 bits per heavy atom. The molecule has 3 aromatic rings. The van der Waals surface area contributed by atoms with E-state index >= 15 is 0 Å². The number of H-pyrrole nitrogens is 1. The van der Waals surface area contributed by atoms with Crippen LogP contribution in [-0.2, 0) is 17.6 Å². The number of likely N-dealkylation sites (tertiary alicyclic amines) is 1. The van der Waals surface area contributed by atoms with Gasteiger partial charge in [0.05, 0.1) is 0 Å². The summed E-state index contributed by atoms with van der Waals surface area (Å²) in [4.78, 5) is 33.9. The highest BCUT2D eigenvalue weighted by molar-refractivity contribution is 5.88. The van der Waals surface area contributed by atoms with Crippen LogP contribution in [0.1, 0.15) is 24.6 Å². The summed E-state index contributed by atoms with van der Waals surface area (Å²) in [6.45, 7) is 3.32. The number of amides is 1. The minimum atomic E-state index is -0.161. The Morgan fingerprint density at radius 3 is 2.88 bits per heavy atom. The lowest BCUT2D eigenvalue weighted by molar-refractivity contribution is -0.125. The fourth-order valence-corrected chi connectivity index (χ4v) is 3.92. The van der Waals surface area contributed by atoms with Crippen LogP contribution in [0.2, 0.25) is 0 Å². The van der Waals surface area contributed by atoms with Gasteiger partial charge in [-0.3, -0.25) is 14.6 Å². The number of rotatable bonds is 7. The average molecular weight is 429 g/mol. The van der Waals surface area contributed by atoms with Gasteiger partial charge in [0.1, 0.15) is 5.69 Å². The Labute approximate surface area is 188 Å². The fourth-order valence-electron chi connectivity index (χ4n) is 3.92. The number of aromatic amines is 1. The van der Waals surface area contributed by atoms with Crippen LogP contribution in [0.4, 0.5) is 5.69 Å². The van der Waals surface area contributed by atoms with Crippen molar-refractivity contribution in [2.75, 3.05) is 18.4 Å². The van der Waals surface area contributed by atoms with E-state index in [4.69, 9.17) is 0 Å². The maximum atomic E-state index is 12.5. The predicted octanol–water partition coefficient (Wildman–Crippen LogP) is 3.81. The minimum absolute atomic E-state index is 0.0109. The minimum Gasteiger partial charge on any atom is -0.376 e. The van der Waals surface area contributed by atoms with E-state index in [0.717, 1.165) is 36.1 Å². The van der Waals surface area contributed by atoms with Gasteiger partial charge in [0.2, 0.25) is 5.91 Å². The number of hydrogen-bond acceptors (Lipinski definition) is 4. The fraction of sp³-hybridized carbons (Fsp3) is 0.269. The van der Waals surface area contributed by atoms with Crippen LogP contribution in [0, 0.1) is 0 Å². The standard InChI is InChI=1S/C26H28N4O2/c1-2-22-15-20(11-13-27-22)21-16-24(26(32)28-17-21)29-23-12-14-30(18-23)25(31)10-6-9-19-7-4-3-5-8-19/h3-8,10-11,13,15-17,23,29H,2,9,12,14,18H2,1H3,(H,28,32)/b10-6+/t23-/m1/s1. The monoisotopic (exact) mass is 428 g/mol. The molecular weight excluding hydrogens is 400 g/mol. The molecule has 1 aliphatic heterocycles. The Bertz CT molecular complexity index is 1150. The summed E-state index contributed by atoms with van der Waals surface area (Å²) in [6.07, 6.45) is 9.47. The predicted molar refractivity (Wildman–Crippen MR) is 128 cm³/mol. The van der Waals surface area contributed by atoms with E-state index in [1.807, 2.05) is 59.5 Å². The molecule has 0 aliphatic carbocycles. The van der Waals surface area contributed by atoms with Crippen molar-refractivity contribution in [2.45, 2.75) is 32.2 Å². The van der Waals surface area contributed by atoms with Crippen LogP contribution in [-0.4, -0.2) is 39.9 Å². The van der Waals surface area contributed by atoms with Crippen LogP contribution in [0.15, 0.2) is 77.9 Å². The summed E-state index contributed by atoms with van der Waals surface area (Å²) in [5, 5.41) is 3.34.